The average Bonchev–Trinajstić information content (AvgIpc) is 3.08. The first-order valence-corrected chi connectivity index (χ1v) is 7.18. The van der Waals surface area contributed by atoms with E-state index in [1.165, 1.54) is 24.5 Å². The van der Waals surface area contributed by atoms with E-state index in [2.05, 4.69) is 10.3 Å². The smallest absolute Gasteiger partial charge is 0.275 e. The van der Waals surface area contributed by atoms with Gasteiger partial charge in [0.05, 0.1) is 12.7 Å². The summed E-state index contributed by atoms with van der Waals surface area (Å²) >= 11 is 1.44. The number of imidazole rings is 1. The number of methoxy groups -OCH3 is 1. The summed E-state index contributed by atoms with van der Waals surface area (Å²) in [5.41, 5.74) is 6.23. The zero-order valence-electron chi connectivity index (χ0n) is 11.6. The monoisotopic (exact) mass is 316 g/mol. The number of amides is 2. The summed E-state index contributed by atoms with van der Waals surface area (Å²) in [6.07, 6.45) is 3.46. The second-order valence-electron chi connectivity index (χ2n) is 4.45. The molecule has 2 heterocycles. The van der Waals surface area contributed by atoms with Crippen LogP contribution >= 0.6 is 11.3 Å². The minimum Gasteiger partial charge on any atom is -0.496 e. The molecule has 0 aliphatic heterocycles. The maximum absolute atomic E-state index is 12.2. The Labute approximate surface area is 129 Å². The maximum Gasteiger partial charge on any atom is 0.275 e. The van der Waals surface area contributed by atoms with E-state index in [4.69, 9.17) is 10.5 Å². The highest BCUT2D eigenvalue weighted by atomic mass is 32.1. The van der Waals surface area contributed by atoms with Crippen LogP contribution < -0.4 is 15.8 Å². The van der Waals surface area contributed by atoms with Gasteiger partial charge in [0.25, 0.3) is 11.8 Å². The van der Waals surface area contributed by atoms with Gasteiger partial charge in [0.1, 0.15) is 11.4 Å². The molecule has 0 radical (unpaired) electrons. The number of aromatic nitrogens is 2. The van der Waals surface area contributed by atoms with Crippen LogP contribution in [-0.4, -0.2) is 28.3 Å². The minimum atomic E-state index is -0.629. The van der Waals surface area contributed by atoms with E-state index in [1.54, 1.807) is 22.7 Å². The van der Waals surface area contributed by atoms with Crippen LogP contribution in [0.15, 0.2) is 36.0 Å². The van der Waals surface area contributed by atoms with Crippen molar-refractivity contribution in [3.05, 3.63) is 47.2 Å². The second kappa shape index (κ2) is 5.49. The standard InChI is InChI=1S/C14H12N4O3S/c1-21-11-3-2-8(6-9(11)12(15)19)16-13(20)10-7-18-4-5-22-14(18)17-10/h2-7H,1H3,(H2,15,19)(H,16,20). The molecular formula is C14H12N4O3S. The lowest BCUT2D eigenvalue weighted by Gasteiger charge is -2.08. The Morgan fingerprint density at radius 2 is 2.23 bits per heavy atom. The Hall–Kier alpha value is -2.87. The predicted octanol–water partition coefficient (Wildman–Crippen LogP) is 1.76. The molecule has 7 nitrogen and oxygen atoms in total. The number of nitrogens with two attached hydrogens (primary N) is 1. The highest BCUT2D eigenvalue weighted by Crippen LogP contribution is 2.22. The number of anilines is 1. The van der Waals surface area contributed by atoms with E-state index < -0.39 is 5.91 Å². The Kier molecular flexibility index (Phi) is 3.51. The van der Waals surface area contributed by atoms with Crippen molar-refractivity contribution in [1.29, 1.82) is 0 Å². The molecule has 3 rings (SSSR count). The molecule has 22 heavy (non-hydrogen) atoms. The summed E-state index contributed by atoms with van der Waals surface area (Å²) in [6.45, 7) is 0. The number of nitrogens with one attached hydrogen (secondary N) is 1. The molecule has 0 fully saturated rings. The molecule has 2 aromatic heterocycles. The first-order valence-electron chi connectivity index (χ1n) is 6.30. The molecule has 2 amide bonds. The number of carbonyl (C=O) groups excluding carboxylic acids is 2. The van der Waals surface area contributed by atoms with Gasteiger partial charge in [-0.2, -0.15) is 0 Å². The second-order valence-corrected chi connectivity index (χ2v) is 5.33. The zero-order chi connectivity index (χ0) is 15.7. The van der Waals surface area contributed by atoms with Crippen molar-refractivity contribution in [2.45, 2.75) is 0 Å². The fourth-order valence-corrected chi connectivity index (χ4v) is 2.71. The number of ether oxygens (including phenoxy) is 1. The number of fused-ring (bicyclic) bond motifs is 1. The van der Waals surface area contributed by atoms with Gasteiger partial charge in [-0.05, 0) is 18.2 Å². The Bertz CT molecular complexity index is 839. The molecule has 8 heteroatoms. The van der Waals surface area contributed by atoms with Crippen molar-refractivity contribution in [2.24, 2.45) is 5.73 Å². The lowest BCUT2D eigenvalue weighted by molar-refractivity contribution is 0.0993. The van der Waals surface area contributed by atoms with Crippen LogP contribution in [0.1, 0.15) is 20.8 Å². The topological polar surface area (TPSA) is 98.7 Å². The molecule has 1 aromatic carbocycles. The summed E-state index contributed by atoms with van der Waals surface area (Å²) < 4.78 is 6.82. The first-order chi connectivity index (χ1) is 10.6. The van der Waals surface area contributed by atoms with Gasteiger partial charge in [0.2, 0.25) is 0 Å². The van der Waals surface area contributed by atoms with Crippen LogP contribution in [0.25, 0.3) is 4.96 Å². The number of thiazole rings is 1. The van der Waals surface area contributed by atoms with Crippen LogP contribution in [-0.2, 0) is 0 Å². The number of primary amides is 1. The van der Waals surface area contributed by atoms with E-state index in [0.717, 1.165) is 4.96 Å². The van der Waals surface area contributed by atoms with Gasteiger partial charge in [-0.3, -0.25) is 14.0 Å². The van der Waals surface area contributed by atoms with Crippen molar-refractivity contribution in [1.82, 2.24) is 9.38 Å². The molecule has 0 bridgehead atoms. The highest BCUT2D eigenvalue weighted by molar-refractivity contribution is 7.15. The third-order valence-corrected chi connectivity index (χ3v) is 3.82. The summed E-state index contributed by atoms with van der Waals surface area (Å²) in [4.78, 5) is 28.5. The Balaban J connectivity index is 1.86. The summed E-state index contributed by atoms with van der Waals surface area (Å²) in [5, 5.41) is 4.56. The normalized spacial score (nSPS) is 10.6. The van der Waals surface area contributed by atoms with Gasteiger partial charge in [-0.1, -0.05) is 0 Å². The third-order valence-electron chi connectivity index (χ3n) is 3.05. The van der Waals surface area contributed by atoms with E-state index in [-0.39, 0.29) is 11.5 Å². The van der Waals surface area contributed by atoms with Crippen LogP contribution in [0, 0.1) is 0 Å². The number of hydrogen-bond donors (Lipinski definition) is 2. The number of nitrogens with zero attached hydrogens (tertiary/aromatic N) is 2. The first kappa shape index (κ1) is 14.1. The van der Waals surface area contributed by atoms with Crippen molar-refractivity contribution in [2.75, 3.05) is 12.4 Å². The lowest BCUT2D eigenvalue weighted by Crippen LogP contribution is -2.15. The van der Waals surface area contributed by atoms with E-state index in [0.29, 0.717) is 17.1 Å². The van der Waals surface area contributed by atoms with Crippen molar-refractivity contribution >= 4 is 33.8 Å². The van der Waals surface area contributed by atoms with Crippen molar-refractivity contribution < 1.29 is 14.3 Å². The van der Waals surface area contributed by atoms with Crippen LogP contribution in [0.3, 0.4) is 0 Å². The number of hydrogen-bond acceptors (Lipinski definition) is 5. The highest BCUT2D eigenvalue weighted by Gasteiger charge is 2.14. The van der Waals surface area contributed by atoms with Crippen LogP contribution in [0.5, 0.6) is 5.75 Å². The van der Waals surface area contributed by atoms with Crippen molar-refractivity contribution in [3.8, 4) is 5.75 Å². The molecule has 0 aliphatic rings. The van der Waals surface area contributed by atoms with Gasteiger partial charge in [-0.25, -0.2) is 4.98 Å². The molecule has 0 atom stereocenters. The summed E-state index contributed by atoms with van der Waals surface area (Å²) in [6, 6.07) is 4.67. The molecule has 0 spiro atoms. The van der Waals surface area contributed by atoms with Crippen LogP contribution in [0.2, 0.25) is 0 Å². The molecule has 0 saturated carbocycles. The Morgan fingerprint density at radius 1 is 1.41 bits per heavy atom. The molecule has 0 saturated heterocycles. The predicted molar refractivity (Wildman–Crippen MR) is 82.5 cm³/mol. The number of benzene rings is 1. The minimum absolute atomic E-state index is 0.200. The third kappa shape index (κ3) is 2.51. The van der Waals surface area contributed by atoms with Gasteiger partial charge in [0.15, 0.2) is 4.96 Å². The zero-order valence-corrected chi connectivity index (χ0v) is 12.4. The molecule has 3 N–H and O–H groups in total. The SMILES string of the molecule is COc1ccc(NC(=O)c2cn3ccsc3n2)cc1C(N)=O. The van der Waals surface area contributed by atoms with Gasteiger partial charge >= 0.3 is 0 Å². The molecule has 0 aliphatic carbocycles. The maximum atomic E-state index is 12.2. The lowest BCUT2D eigenvalue weighted by atomic mass is 10.1. The Morgan fingerprint density at radius 3 is 2.91 bits per heavy atom. The van der Waals surface area contributed by atoms with Gasteiger partial charge in [0, 0.05) is 23.5 Å². The summed E-state index contributed by atoms with van der Waals surface area (Å²) in [7, 11) is 1.44. The molecule has 3 aromatic rings. The van der Waals surface area contributed by atoms with Gasteiger partial charge in [-0.15, -0.1) is 11.3 Å². The molecular weight excluding hydrogens is 304 g/mol. The van der Waals surface area contributed by atoms with E-state index in [1.807, 2.05) is 11.6 Å². The fourth-order valence-electron chi connectivity index (χ4n) is 2.01. The number of rotatable bonds is 4. The summed E-state index contributed by atoms with van der Waals surface area (Å²) in [5.74, 6) is -0.639. The van der Waals surface area contributed by atoms with Gasteiger partial charge < -0.3 is 15.8 Å². The van der Waals surface area contributed by atoms with E-state index in [9.17, 15) is 9.59 Å². The molecule has 0 unspecified atom stereocenters. The van der Waals surface area contributed by atoms with E-state index >= 15 is 0 Å². The fraction of sp³-hybridized carbons (Fsp3) is 0.0714. The van der Waals surface area contributed by atoms with Crippen molar-refractivity contribution in [3.63, 3.8) is 0 Å². The average molecular weight is 316 g/mol. The molecule has 112 valence electrons. The van der Waals surface area contributed by atoms with Crippen LogP contribution in [0.4, 0.5) is 5.69 Å². The largest absolute Gasteiger partial charge is 0.496 e. The number of carbonyl (C=O) groups is 2. The quantitative estimate of drug-likeness (QED) is 0.766.